The van der Waals surface area contributed by atoms with Gasteiger partial charge in [0, 0.05) is 13.0 Å². The lowest BCUT2D eigenvalue weighted by Gasteiger charge is -2.16. The third kappa shape index (κ3) is 4.25. The highest BCUT2D eigenvalue weighted by Gasteiger charge is 2.22. The highest BCUT2D eigenvalue weighted by atomic mass is 35.5. The van der Waals surface area contributed by atoms with Crippen LogP contribution in [0.5, 0.6) is 0 Å². The molecule has 1 aromatic rings. The van der Waals surface area contributed by atoms with Gasteiger partial charge in [0.05, 0.1) is 22.6 Å². The zero-order chi connectivity index (χ0) is 15.4. The first-order valence-corrected chi connectivity index (χ1v) is 7.39. The van der Waals surface area contributed by atoms with E-state index in [2.05, 4.69) is 5.32 Å². The number of carbonyl (C=O) groups excluding carboxylic acids is 2. The number of nitrogens with one attached hydrogen (secondary N) is 1. The quantitative estimate of drug-likeness (QED) is 0.902. The number of cyclic esters (lactones) is 1. The van der Waals surface area contributed by atoms with Crippen molar-refractivity contribution in [2.45, 2.75) is 19.4 Å². The van der Waals surface area contributed by atoms with Crippen LogP contribution in [0.1, 0.15) is 24.9 Å². The Hall–Kier alpha value is -1.46. The van der Waals surface area contributed by atoms with E-state index in [-0.39, 0.29) is 24.5 Å². The van der Waals surface area contributed by atoms with E-state index in [0.29, 0.717) is 29.7 Å². The Morgan fingerprint density at radius 3 is 2.81 bits per heavy atom. The van der Waals surface area contributed by atoms with Gasteiger partial charge in [0.1, 0.15) is 6.61 Å². The predicted octanol–water partition coefficient (Wildman–Crippen LogP) is 3.01. The first kappa shape index (κ1) is 15.9. The van der Waals surface area contributed by atoms with Gasteiger partial charge in [-0.05, 0) is 24.6 Å². The topological polar surface area (TPSA) is 58.6 Å². The summed E-state index contributed by atoms with van der Waals surface area (Å²) < 4.78 is 4.80. The van der Waals surface area contributed by atoms with Crippen molar-refractivity contribution in [1.29, 1.82) is 0 Å². The number of halogens is 2. The SMILES string of the molecule is CC(NC(=O)CCN1CCOC1=O)c1ccc(Cl)c(Cl)c1. The summed E-state index contributed by atoms with van der Waals surface area (Å²) in [5.74, 6) is -0.131. The maximum atomic E-state index is 11.9. The number of carbonyl (C=O) groups is 2. The van der Waals surface area contributed by atoms with E-state index >= 15 is 0 Å². The van der Waals surface area contributed by atoms with E-state index in [1.54, 1.807) is 12.1 Å². The molecule has 0 aromatic heterocycles. The van der Waals surface area contributed by atoms with E-state index in [9.17, 15) is 9.59 Å². The van der Waals surface area contributed by atoms with Crippen molar-refractivity contribution >= 4 is 35.2 Å². The minimum atomic E-state index is -0.361. The molecule has 0 bridgehead atoms. The third-order valence-corrected chi connectivity index (χ3v) is 4.01. The Balaban J connectivity index is 1.84. The molecule has 1 fully saturated rings. The molecule has 1 heterocycles. The summed E-state index contributed by atoms with van der Waals surface area (Å²) in [5, 5.41) is 3.79. The Labute approximate surface area is 133 Å². The summed E-state index contributed by atoms with van der Waals surface area (Å²) in [4.78, 5) is 24.7. The summed E-state index contributed by atoms with van der Waals surface area (Å²) >= 11 is 11.8. The fourth-order valence-corrected chi connectivity index (χ4v) is 2.35. The van der Waals surface area contributed by atoms with Crippen molar-refractivity contribution in [3.05, 3.63) is 33.8 Å². The Bertz CT molecular complexity index is 551. The molecule has 1 aliphatic heterocycles. The molecular weight excluding hydrogens is 315 g/mol. The standard InChI is InChI=1S/C14H16Cl2N2O3/c1-9(10-2-3-11(15)12(16)8-10)17-13(19)4-5-18-6-7-21-14(18)20/h2-3,8-9H,4-7H2,1H3,(H,17,19). The van der Waals surface area contributed by atoms with Crippen LogP contribution in [0.15, 0.2) is 18.2 Å². The van der Waals surface area contributed by atoms with E-state index in [1.807, 2.05) is 13.0 Å². The molecular formula is C14H16Cl2N2O3. The summed E-state index contributed by atoms with van der Waals surface area (Å²) in [7, 11) is 0. The molecule has 114 valence electrons. The smallest absolute Gasteiger partial charge is 0.409 e. The van der Waals surface area contributed by atoms with Crippen LogP contribution in [0, 0.1) is 0 Å². The van der Waals surface area contributed by atoms with Crippen LogP contribution in [0.25, 0.3) is 0 Å². The number of amides is 2. The number of hydrogen-bond acceptors (Lipinski definition) is 3. The van der Waals surface area contributed by atoms with Crippen LogP contribution in [0.4, 0.5) is 4.79 Å². The minimum Gasteiger partial charge on any atom is -0.448 e. The lowest BCUT2D eigenvalue weighted by molar-refractivity contribution is -0.121. The van der Waals surface area contributed by atoms with Gasteiger partial charge in [-0.3, -0.25) is 4.79 Å². The van der Waals surface area contributed by atoms with Gasteiger partial charge >= 0.3 is 6.09 Å². The van der Waals surface area contributed by atoms with Gasteiger partial charge in [-0.25, -0.2) is 4.79 Å². The first-order valence-electron chi connectivity index (χ1n) is 6.63. The number of benzene rings is 1. The summed E-state index contributed by atoms with van der Waals surface area (Å²) in [6.45, 7) is 3.15. The Morgan fingerprint density at radius 2 is 2.19 bits per heavy atom. The van der Waals surface area contributed by atoms with E-state index in [1.165, 1.54) is 4.90 Å². The van der Waals surface area contributed by atoms with E-state index < -0.39 is 0 Å². The molecule has 5 nitrogen and oxygen atoms in total. The van der Waals surface area contributed by atoms with Crippen LogP contribution >= 0.6 is 23.2 Å². The van der Waals surface area contributed by atoms with E-state index in [0.717, 1.165) is 5.56 Å². The molecule has 1 unspecified atom stereocenters. The molecule has 1 N–H and O–H groups in total. The average Bonchev–Trinajstić information content (AvgIpc) is 2.85. The second-order valence-corrected chi connectivity index (χ2v) is 5.63. The fraction of sp³-hybridized carbons (Fsp3) is 0.429. The normalized spacial score (nSPS) is 15.8. The molecule has 0 spiro atoms. The lowest BCUT2D eigenvalue weighted by atomic mass is 10.1. The van der Waals surface area contributed by atoms with Crippen LogP contribution in [-0.4, -0.2) is 36.6 Å². The second-order valence-electron chi connectivity index (χ2n) is 4.81. The van der Waals surface area contributed by atoms with Gasteiger partial charge in [0.15, 0.2) is 0 Å². The summed E-state index contributed by atoms with van der Waals surface area (Å²) in [5.41, 5.74) is 0.873. The van der Waals surface area contributed by atoms with Crippen molar-refractivity contribution in [3.63, 3.8) is 0 Å². The molecule has 0 radical (unpaired) electrons. The molecule has 1 saturated heterocycles. The van der Waals surface area contributed by atoms with Crippen molar-refractivity contribution in [2.24, 2.45) is 0 Å². The van der Waals surface area contributed by atoms with Gasteiger partial charge in [0.25, 0.3) is 0 Å². The number of rotatable bonds is 5. The second kappa shape index (κ2) is 7.00. The van der Waals surface area contributed by atoms with Crippen LogP contribution in [0.2, 0.25) is 10.0 Å². The average molecular weight is 331 g/mol. The van der Waals surface area contributed by atoms with Crippen molar-refractivity contribution in [2.75, 3.05) is 19.7 Å². The molecule has 2 rings (SSSR count). The highest BCUT2D eigenvalue weighted by Crippen LogP contribution is 2.25. The third-order valence-electron chi connectivity index (χ3n) is 3.27. The van der Waals surface area contributed by atoms with Crippen LogP contribution < -0.4 is 5.32 Å². The van der Waals surface area contributed by atoms with Crippen LogP contribution in [0.3, 0.4) is 0 Å². The zero-order valence-electron chi connectivity index (χ0n) is 11.6. The molecule has 21 heavy (non-hydrogen) atoms. The fourth-order valence-electron chi connectivity index (χ4n) is 2.04. The first-order chi connectivity index (χ1) is 9.97. The summed E-state index contributed by atoms with van der Waals surface area (Å²) in [6, 6.07) is 5.06. The lowest BCUT2D eigenvalue weighted by Crippen LogP contribution is -2.32. The Morgan fingerprint density at radius 1 is 1.43 bits per heavy atom. The molecule has 1 aliphatic rings. The largest absolute Gasteiger partial charge is 0.448 e. The van der Waals surface area contributed by atoms with Gasteiger partial charge in [0.2, 0.25) is 5.91 Å². The van der Waals surface area contributed by atoms with Gasteiger partial charge in [-0.2, -0.15) is 0 Å². The zero-order valence-corrected chi connectivity index (χ0v) is 13.1. The number of ether oxygens (including phenoxy) is 1. The highest BCUT2D eigenvalue weighted by molar-refractivity contribution is 6.42. The number of hydrogen-bond donors (Lipinski definition) is 1. The molecule has 1 aromatic carbocycles. The van der Waals surface area contributed by atoms with Crippen LogP contribution in [-0.2, 0) is 9.53 Å². The molecule has 7 heteroatoms. The maximum Gasteiger partial charge on any atom is 0.409 e. The molecule has 0 saturated carbocycles. The van der Waals surface area contributed by atoms with E-state index in [4.69, 9.17) is 27.9 Å². The number of nitrogens with zero attached hydrogens (tertiary/aromatic N) is 1. The van der Waals surface area contributed by atoms with Gasteiger partial charge < -0.3 is 15.0 Å². The summed E-state index contributed by atoms with van der Waals surface area (Å²) in [6.07, 6.45) is -0.124. The molecule has 2 amide bonds. The monoisotopic (exact) mass is 330 g/mol. The molecule has 0 aliphatic carbocycles. The van der Waals surface area contributed by atoms with Gasteiger partial charge in [-0.15, -0.1) is 0 Å². The van der Waals surface area contributed by atoms with Crippen molar-refractivity contribution < 1.29 is 14.3 Å². The predicted molar refractivity (Wildman–Crippen MR) is 80.6 cm³/mol. The minimum absolute atomic E-state index is 0.131. The van der Waals surface area contributed by atoms with Crippen molar-refractivity contribution in [1.82, 2.24) is 10.2 Å². The maximum absolute atomic E-state index is 11.9. The Kier molecular flexibility index (Phi) is 5.31. The van der Waals surface area contributed by atoms with Crippen molar-refractivity contribution in [3.8, 4) is 0 Å². The molecule has 1 atom stereocenters. The van der Waals surface area contributed by atoms with Gasteiger partial charge in [-0.1, -0.05) is 29.3 Å².